The lowest BCUT2D eigenvalue weighted by Crippen LogP contribution is -1.82. The van der Waals surface area contributed by atoms with Gasteiger partial charge in [-0.2, -0.15) is 5.26 Å². The molecule has 1 aromatic carbocycles. The van der Waals surface area contributed by atoms with E-state index in [-0.39, 0.29) is 0 Å². The van der Waals surface area contributed by atoms with E-state index < -0.39 is 0 Å². The van der Waals surface area contributed by atoms with E-state index in [2.05, 4.69) is 51.8 Å². The Morgan fingerprint density at radius 2 is 1.69 bits per heavy atom. The van der Waals surface area contributed by atoms with Gasteiger partial charge >= 0.3 is 0 Å². The summed E-state index contributed by atoms with van der Waals surface area (Å²) in [6.07, 6.45) is 0. The van der Waals surface area contributed by atoms with E-state index in [9.17, 15) is 0 Å². The molecule has 70 valence electrons. The first-order valence-electron chi connectivity index (χ1n) is 3.76. The molecular formula is C10H11Br2N. The Hall–Kier alpha value is -0.330. The second-order valence-electron chi connectivity index (χ2n) is 2.53. The van der Waals surface area contributed by atoms with Gasteiger partial charge in [-0.3, -0.25) is 0 Å². The van der Waals surface area contributed by atoms with Crippen molar-refractivity contribution in [3.63, 3.8) is 0 Å². The van der Waals surface area contributed by atoms with Gasteiger partial charge in [0.15, 0.2) is 0 Å². The van der Waals surface area contributed by atoms with Crippen molar-refractivity contribution in [2.24, 2.45) is 0 Å². The van der Waals surface area contributed by atoms with Crippen molar-refractivity contribution in [2.45, 2.75) is 20.8 Å². The summed E-state index contributed by atoms with van der Waals surface area (Å²) in [5, 5.41) is 7.32. The number of nitrogens with zero attached hydrogens (tertiary/aromatic N) is 1. The summed E-state index contributed by atoms with van der Waals surface area (Å²) in [5.74, 6) is 0. The zero-order valence-corrected chi connectivity index (χ0v) is 11.0. The maximum atomic E-state index is 7.32. The highest BCUT2D eigenvalue weighted by Gasteiger charge is 2.00. The molecule has 0 atom stereocenters. The minimum absolute atomic E-state index is 1.12. The normalized spacial score (nSPS) is 8.31. The summed E-state index contributed by atoms with van der Waals surface area (Å²) in [6.45, 7) is 5.64. The molecule has 0 aromatic heterocycles. The van der Waals surface area contributed by atoms with Gasteiger partial charge in [0.05, 0.1) is 6.07 Å². The number of halogens is 2. The third-order valence-electron chi connectivity index (χ3n) is 1.61. The molecule has 1 aromatic rings. The van der Waals surface area contributed by atoms with E-state index in [1.807, 2.05) is 6.07 Å². The van der Waals surface area contributed by atoms with Crippen molar-refractivity contribution in [3.8, 4) is 6.07 Å². The molecule has 1 rings (SSSR count). The van der Waals surface area contributed by atoms with E-state index in [0.29, 0.717) is 0 Å². The van der Waals surface area contributed by atoms with Gasteiger partial charge in [-0.1, -0.05) is 6.07 Å². The van der Waals surface area contributed by atoms with Crippen LogP contribution in [-0.2, 0) is 0 Å². The summed E-state index contributed by atoms with van der Waals surface area (Å²) in [5.41, 5.74) is 2.62. The van der Waals surface area contributed by atoms with E-state index >= 15 is 0 Å². The molecule has 0 unspecified atom stereocenters. The maximum Gasteiger partial charge on any atom is 0.0587 e. The smallest absolute Gasteiger partial charge is 0.0587 e. The highest BCUT2D eigenvalue weighted by Crippen LogP contribution is 2.27. The van der Waals surface area contributed by atoms with Crippen LogP contribution in [0.3, 0.4) is 0 Å². The number of aryl methyl sites for hydroxylation is 1. The molecule has 0 bridgehead atoms. The van der Waals surface area contributed by atoms with Crippen LogP contribution in [0.15, 0.2) is 21.1 Å². The Bertz CT molecular complexity index is 299. The van der Waals surface area contributed by atoms with Crippen LogP contribution >= 0.6 is 31.9 Å². The molecular weight excluding hydrogens is 294 g/mol. The van der Waals surface area contributed by atoms with Crippen LogP contribution < -0.4 is 0 Å². The maximum absolute atomic E-state index is 7.32. The minimum Gasteiger partial charge on any atom is -0.199 e. The van der Waals surface area contributed by atoms with Gasteiger partial charge in [-0.05, 0) is 62.9 Å². The van der Waals surface area contributed by atoms with Crippen LogP contribution in [0.4, 0.5) is 0 Å². The number of rotatable bonds is 0. The fourth-order valence-corrected chi connectivity index (χ4v) is 1.62. The summed E-state index contributed by atoms with van der Waals surface area (Å²) in [4.78, 5) is 0. The molecule has 3 heteroatoms. The first-order chi connectivity index (χ1) is 6.04. The molecule has 1 nitrogen and oxygen atoms in total. The number of nitriles is 1. The number of hydrogen-bond donors (Lipinski definition) is 0. The Labute approximate surface area is 96.0 Å². The molecule has 0 radical (unpaired) electrons. The van der Waals surface area contributed by atoms with Crippen molar-refractivity contribution in [1.82, 2.24) is 0 Å². The number of hydrogen-bond acceptors (Lipinski definition) is 1. The first-order valence-corrected chi connectivity index (χ1v) is 5.35. The van der Waals surface area contributed by atoms with Crippen molar-refractivity contribution in [2.75, 3.05) is 0 Å². The quantitative estimate of drug-likeness (QED) is 0.698. The van der Waals surface area contributed by atoms with Crippen LogP contribution in [0.5, 0.6) is 0 Å². The highest BCUT2D eigenvalue weighted by atomic mass is 79.9. The fraction of sp³-hybridized carbons (Fsp3) is 0.300. The monoisotopic (exact) mass is 303 g/mol. The summed E-state index contributed by atoms with van der Waals surface area (Å²) >= 11 is 6.92. The summed E-state index contributed by atoms with van der Waals surface area (Å²) in [6, 6.07) is 5.90. The predicted octanol–water partition coefficient (Wildman–Crippen LogP) is 4.36. The molecule has 0 N–H and O–H groups in total. The highest BCUT2D eigenvalue weighted by molar-refractivity contribution is 9.13. The van der Waals surface area contributed by atoms with Crippen LogP contribution in [-0.4, -0.2) is 0 Å². The molecule has 13 heavy (non-hydrogen) atoms. The zero-order valence-electron chi connectivity index (χ0n) is 7.86. The Morgan fingerprint density at radius 3 is 2.08 bits per heavy atom. The second kappa shape index (κ2) is 6.17. The van der Waals surface area contributed by atoms with E-state index in [1.165, 1.54) is 18.1 Å². The van der Waals surface area contributed by atoms with Crippen LogP contribution in [0, 0.1) is 25.2 Å². The molecule has 0 heterocycles. The molecule has 0 saturated heterocycles. The second-order valence-corrected chi connectivity index (χ2v) is 4.17. The van der Waals surface area contributed by atoms with E-state index in [4.69, 9.17) is 5.26 Å². The van der Waals surface area contributed by atoms with Gasteiger partial charge in [0.25, 0.3) is 0 Å². The molecule has 0 aliphatic rings. The average Bonchev–Trinajstić information content (AvgIpc) is 2.10. The average molecular weight is 305 g/mol. The standard InChI is InChI=1S/C8H8Br2.C2H3N/c1-5-3-4-7(9)8(10)6(5)2;1-2-3/h3-4H,1-2H3;1H3. The lowest BCUT2D eigenvalue weighted by atomic mass is 10.1. The third-order valence-corrected chi connectivity index (χ3v) is 3.82. The van der Waals surface area contributed by atoms with Crippen LogP contribution in [0.25, 0.3) is 0 Å². The van der Waals surface area contributed by atoms with Gasteiger partial charge < -0.3 is 0 Å². The van der Waals surface area contributed by atoms with Crippen LogP contribution in [0.1, 0.15) is 18.1 Å². The van der Waals surface area contributed by atoms with Gasteiger partial charge in [-0.25, -0.2) is 0 Å². The number of benzene rings is 1. The van der Waals surface area contributed by atoms with Gasteiger partial charge in [-0.15, -0.1) is 0 Å². The Balaban J connectivity index is 0.000000424. The van der Waals surface area contributed by atoms with Crippen molar-refractivity contribution >= 4 is 31.9 Å². The Kier molecular flexibility index (Phi) is 6.02. The predicted molar refractivity (Wildman–Crippen MR) is 62.6 cm³/mol. The lowest BCUT2D eigenvalue weighted by Gasteiger charge is -2.03. The molecule has 0 spiro atoms. The molecule has 0 amide bonds. The molecule has 0 aliphatic carbocycles. The molecule has 0 aliphatic heterocycles. The lowest BCUT2D eigenvalue weighted by molar-refractivity contribution is 1.30. The SMILES string of the molecule is CC#N.Cc1ccc(Br)c(Br)c1C. The zero-order chi connectivity index (χ0) is 10.4. The minimum atomic E-state index is 1.12. The van der Waals surface area contributed by atoms with Gasteiger partial charge in [0.1, 0.15) is 0 Å². The van der Waals surface area contributed by atoms with Crippen molar-refractivity contribution in [3.05, 3.63) is 32.2 Å². The summed E-state index contributed by atoms with van der Waals surface area (Å²) in [7, 11) is 0. The van der Waals surface area contributed by atoms with Crippen molar-refractivity contribution < 1.29 is 0 Å². The van der Waals surface area contributed by atoms with Crippen LogP contribution in [0.2, 0.25) is 0 Å². The topological polar surface area (TPSA) is 23.8 Å². The largest absolute Gasteiger partial charge is 0.199 e. The first kappa shape index (κ1) is 12.7. The van der Waals surface area contributed by atoms with Crippen molar-refractivity contribution in [1.29, 1.82) is 5.26 Å². The van der Waals surface area contributed by atoms with Gasteiger partial charge in [0, 0.05) is 15.9 Å². The van der Waals surface area contributed by atoms with Gasteiger partial charge in [0.2, 0.25) is 0 Å². The van der Waals surface area contributed by atoms with E-state index in [1.54, 1.807) is 6.07 Å². The van der Waals surface area contributed by atoms with E-state index in [0.717, 1.165) is 8.95 Å². The Morgan fingerprint density at radius 1 is 1.23 bits per heavy atom. The molecule has 0 saturated carbocycles. The fourth-order valence-electron chi connectivity index (χ4n) is 0.749. The molecule has 0 fully saturated rings. The summed E-state index contributed by atoms with van der Waals surface area (Å²) < 4.78 is 2.28. The third kappa shape index (κ3) is 3.93.